The average Bonchev–Trinajstić information content (AvgIpc) is 3.20. The molecule has 0 radical (unpaired) electrons. The summed E-state index contributed by atoms with van der Waals surface area (Å²) in [4.78, 5) is 19.0. The molecule has 5 aromatic rings. The molecule has 30 heavy (non-hydrogen) atoms. The van der Waals surface area contributed by atoms with Gasteiger partial charge < -0.3 is 4.98 Å². The maximum Gasteiger partial charge on any atom is 0.261 e. The van der Waals surface area contributed by atoms with E-state index in [1.807, 2.05) is 42.5 Å². The third kappa shape index (κ3) is 3.07. The van der Waals surface area contributed by atoms with E-state index in [2.05, 4.69) is 15.1 Å². The van der Waals surface area contributed by atoms with Crippen LogP contribution in [0, 0.1) is 5.82 Å². The van der Waals surface area contributed by atoms with Gasteiger partial charge in [-0.15, -0.1) is 0 Å². The molecule has 5 rings (SSSR count). The number of benzene rings is 3. The minimum Gasteiger partial charge on any atom is -0.312 e. The number of H-pyrrole nitrogens is 1. The highest BCUT2D eigenvalue weighted by Crippen LogP contribution is 2.37. The molecule has 0 unspecified atom stereocenters. The maximum atomic E-state index is 13.5. The van der Waals surface area contributed by atoms with Crippen molar-refractivity contribution in [3.8, 4) is 27.9 Å². The average molecular weight is 417 g/mol. The van der Waals surface area contributed by atoms with Crippen molar-refractivity contribution in [2.75, 3.05) is 0 Å². The Balaban J connectivity index is 1.84. The number of fused-ring (bicyclic) bond motifs is 1. The van der Waals surface area contributed by atoms with Crippen molar-refractivity contribution in [1.29, 1.82) is 0 Å². The van der Waals surface area contributed by atoms with Crippen LogP contribution >= 0.6 is 11.6 Å². The van der Waals surface area contributed by atoms with E-state index in [0.29, 0.717) is 16.1 Å². The topological polar surface area (TPSA) is 63.6 Å². The molecular formula is C23H14ClFN4O. The Labute approximate surface area is 175 Å². The van der Waals surface area contributed by atoms with Gasteiger partial charge >= 0.3 is 0 Å². The van der Waals surface area contributed by atoms with Gasteiger partial charge in [-0.1, -0.05) is 48.0 Å². The summed E-state index contributed by atoms with van der Waals surface area (Å²) in [7, 11) is 0. The minimum absolute atomic E-state index is 0.256. The Morgan fingerprint density at radius 3 is 2.43 bits per heavy atom. The summed E-state index contributed by atoms with van der Waals surface area (Å²) < 4.78 is 15.2. The first-order chi connectivity index (χ1) is 14.6. The van der Waals surface area contributed by atoms with Gasteiger partial charge in [0, 0.05) is 10.6 Å². The quantitative estimate of drug-likeness (QED) is 0.437. The van der Waals surface area contributed by atoms with Gasteiger partial charge in [0.1, 0.15) is 11.2 Å². The Morgan fingerprint density at radius 1 is 0.933 bits per heavy atom. The van der Waals surface area contributed by atoms with E-state index in [-0.39, 0.29) is 11.4 Å². The summed E-state index contributed by atoms with van der Waals surface area (Å²) in [6, 6.07) is 19.6. The molecule has 0 aliphatic carbocycles. The van der Waals surface area contributed by atoms with Crippen molar-refractivity contribution < 1.29 is 4.39 Å². The normalized spacial score (nSPS) is 11.1. The molecule has 7 heteroatoms. The van der Waals surface area contributed by atoms with Gasteiger partial charge in [-0.25, -0.2) is 14.1 Å². The second-order valence-corrected chi connectivity index (χ2v) is 7.18. The summed E-state index contributed by atoms with van der Waals surface area (Å²) >= 11 is 6.10. The zero-order valence-corrected chi connectivity index (χ0v) is 16.3. The number of aromatic nitrogens is 4. The summed E-state index contributed by atoms with van der Waals surface area (Å²) in [5.41, 5.74) is 4.45. The molecule has 0 saturated heterocycles. The van der Waals surface area contributed by atoms with Crippen LogP contribution in [0.1, 0.15) is 0 Å². The number of hydrogen-bond donors (Lipinski definition) is 1. The molecule has 0 fully saturated rings. The van der Waals surface area contributed by atoms with Crippen molar-refractivity contribution in [3.63, 3.8) is 0 Å². The molecule has 0 saturated carbocycles. The molecular weight excluding hydrogens is 403 g/mol. The zero-order valence-electron chi connectivity index (χ0n) is 15.5. The lowest BCUT2D eigenvalue weighted by Crippen LogP contribution is -2.07. The molecule has 0 aliphatic heterocycles. The minimum atomic E-state index is -0.301. The zero-order chi connectivity index (χ0) is 20.7. The van der Waals surface area contributed by atoms with Gasteiger partial charge in [0.2, 0.25) is 0 Å². The standard InChI is InChI=1S/C23H14ClFN4O/c24-16-8-4-15(5-9-16)21-18(14-6-10-17(25)11-7-14)2-1-3-20(21)29-22-19(12-28-29)23(30)27-13-26-22/h1-13H,(H,26,27,30). The van der Waals surface area contributed by atoms with E-state index in [1.165, 1.54) is 24.7 Å². The van der Waals surface area contributed by atoms with E-state index in [0.717, 1.165) is 27.9 Å². The molecule has 0 atom stereocenters. The van der Waals surface area contributed by atoms with Crippen molar-refractivity contribution in [2.45, 2.75) is 0 Å². The summed E-state index contributed by atoms with van der Waals surface area (Å²) in [5.74, 6) is -0.301. The maximum absolute atomic E-state index is 13.5. The number of halogens is 2. The number of rotatable bonds is 3. The SMILES string of the molecule is O=c1[nH]cnc2c1cnn2-c1cccc(-c2ccc(F)cc2)c1-c1ccc(Cl)cc1. The smallest absolute Gasteiger partial charge is 0.261 e. The molecule has 1 N–H and O–H groups in total. The lowest BCUT2D eigenvalue weighted by atomic mass is 9.93. The van der Waals surface area contributed by atoms with E-state index in [9.17, 15) is 9.18 Å². The molecule has 3 aromatic carbocycles. The van der Waals surface area contributed by atoms with Crippen LogP contribution in [0.2, 0.25) is 5.02 Å². The summed E-state index contributed by atoms with van der Waals surface area (Å²) in [5, 5.41) is 5.44. The second kappa shape index (κ2) is 7.24. The predicted octanol–water partition coefficient (Wildman–Crippen LogP) is 5.24. The van der Waals surface area contributed by atoms with Gasteiger partial charge in [0.05, 0.1) is 18.2 Å². The Morgan fingerprint density at radius 2 is 1.67 bits per heavy atom. The fraction of sp³-hybridized carbons (Fsp3) is 0. The second-order valence-electron chi connectivity index (χ2n) is 6.74. The van der Waals surface area contributed by atoms with Crippen molar-refractivity contribution in [1.82, 2.24) is 19.7 Å². The summed E-state index contributed by atoms with van der Waals surface area (Å²) in [6.45, 7) is 0. The Kier molecular flexibility index (Phi) is 4.41. The van der Waals surface area contributed by atoms with Gasteiger partial charge in [0.25, 0.3) is 5.56 Å². The Hall–Kier alpha value is -3.77. The van der Waals surface area contributed by atoms with E-state index in [4.69, 9.17) is 11.6 Å². The fourth-order valence-electron chi connectivity index (χ4n) is 3.54. The van der Waals surface area contributed by atoms with Crippen LogP contribution in [-0.4, -0.2) is 19.7 Å². The van der Waals surface area contributed by atoms with Crippen LogP contribution in [0.15, 0.2) is 84.0 Å². The van der Waals surface area contributed by atoms with Crippen LogP contribution in [0.5, 0.6) is 0 Å². The molecule has 0 spiro atoms. The first kappa shape index (κ1) is 18.3. The fourth-order valence-corrected chi connectivity index (χ4v) is 3.67. The number of nitrogens with one attached hydrogen (secondary N) is 1. The lowest BCUT2D eigenvalue weighted by Gasteiger charge is -2.16. The van der Waals surface area contributed by atoms with Crippen molar-refractivity contribution in [2.24, 2.45) is 0 Å². The van der Waals surface area contributed by atoms with Gasteiger partial charge in [-0.3, -0.25) is 4.79 Å². The van der Waals surface area contributed by atoms with Crippen LogP contribution in [0.25, 0.3) is 39.0 Å². The molecule has 2 heterocycles. The van der Waals surface area contributed by atoms with Gasteiger partial charge in [-0.05, 0) is 47.0 Å². The van der Waals surface area contributed by atoms with E-state index >= 15 is 0 Å². The van der Waals surface area contributed by atoms with Gasteiger partial charge in [0.15, 0.2) is 5.65 Å². The van der Waals surface area contributed by atoms with Crippen molar-refractivity contribution in [3.05, 3.63) is 100 Å². The third-order valence-corrected chi connectivity index (χ3v) is 5.18. The van der Waals surface area contributed by atoms with Crippen LogP contribution in [0.3, 0.4) is 0 Å². The molecule has 5 nitrogen and oxygen atoms in total. The largest absolute Gasteiger partial charge is 0.312 e. The number of aromatic amines is 1. The molecule has 0 aliphatic rings. The predicted molar refractivity (Wildman–Crippen MR) is 115 cm³/mol. The van der Waals surface area contributed by atoms with Gasteiger partial charge in [-0.2, -0.15) is 5.10 Å². The first-order valence-electron chi connectivity index (χ1n) is 9.18. The van der Waals surface area contributed by atoms with E-state index < -0.39 is 0 Å². The van der Waals surface area contributed by atoms with Crippen LogP contribution in [0.4, 0.5) is 4.39 Å². The number of hydrogen-bond acceptors (Lipinski definition) is 3. The lowest BCUT2D eigenvalue weighted by molar-refractivity contribution is 0.628. The monoisotopic (exact) mass is 416 g/mol. The molecule has 146 valence electrons. The summed E-state index contributed by atoms with van der Waals surface area (Å²) in [6.07, 6.45) is 2.85. The van der Waals surface area contributed by atoms with Crippen LogP contribution in [-0.2, 0) is 0 Å². The molecule has 2 aromatic heterocycles. The van der Waals surface area contributed by atoms with Crippen LogP contribution < -0.4 is 5.56 Å². The van der Waals surface area contributed by atoms with Crippen molar-refractivity contribution >= 4 is 22.6 Å². The highest BCUT2D eigenvalue weighted by molar-refractivity contribution is 6.30. The molecule has 0 bridgehead atoms. The van der Waals surface area contributed by atoms with E-state index in [1.54, 1.807) is 16.8 Å². The first-order valence-corrected chi connectivity index (χ1v) is 9.56. The molecule has 0 amide bonds. The number of nitrogens with zero attached hydrogens (tertiary/aromatic N) is 3. The Bertz CT molecular complexity index is 1420. The highest BCUT2D eigenvalue weighted by atomic mass is 35.5. The third-order valence-electron chi connectivity index (χ3n) is 4.93. The highest BCUT2D eigenvalue weighted by Gasteiger charge is 2.17.